The van der Waals surface area contributed by atoms with E-state index in [1.807, 2.05) is 44.2 Å². The molecule has 22 heavy (non-hydrogen) atoms. The summed E-state index contributed by atoms with van der Waals surface area (Å²) in [7, 11) is 0. The normalized spacial score (nSPS) is 18.0. The summed E-state index contributed by atoms with van der Waals surface area (Å²) in [6.45, 7) is 5.65. The van der Waals surface area contributed by atoms with E-state index in [9.17, 15) is 9.59 Å². The Morgan fingerprint density at radius 1 is 1.36 bits per heavy atom. The van der Waals surface area contributed by atoms with Gasteiger partial charge >= 0.3 is 0 Å². The summed E-state index contributed by atoms with van der Waals surface area (Å²) < 4.78 is 5.43. The molecule has 2 rings (SSSR count). The lowest BCUT2D eigenvalue weighted by Crippen LogP contribution is -2.34. The van der Waals surface area contributed by atoms with Crippen LogP contribution in [0.1, 0.15) is 26.7 Å². The van der Waals surface area contributed by atoms with Crippen molar-refractivity contribution in [3.8, 4) is 0 Å². The fraction of sp³-hybridized carbons (Fsp3) is 0.529. The minimum atomic E-state index is -0.265. The third-order valence-electron chi connectivity index (χ3n) is 3.64. The second kappa shape index (κ2) is 7.94. The Bertz CT molecular complexity index is 502. The van der Waals surface area contributed by atoms with Gasteiger partial charge < -0.3 is 15.0 Å². The summed E-state index contributed by atoms with van der Waals surface area (Å²) in [6.07, 6.45) is 1.28. The summed E-state index contributed by atoms with van der Waals surface area (Å²) in [5.41, 5.74) is 0.855. The van der Waals surface area contributed by atoms with Crippen molar-refractivity contribution >= 4 is 17.5 Å². The molecule has 1 aliphatic heterocycles. The summed E-state index contributed by atoms with van der Waals surface area (Å²) in [5, 5.41) is 2.89. The molecule has 0 aromatic heterocycles. The van der Waals surface area contributed by atoms with Crippen LogP contribution in [-0.2, 0) is 14.3 Å². The SMILES string of the molecule is CC(C)OCCCNC(=O)[C@@H]1CC(=O)N(c2ccccc2)C1. The van der Waals surface area contributed by atoms with Crippen LogP contribution in [0.4, 0.5) is 5.69 Å². The van der Waals surface area contributed by atoms with Crippen LogP contribution in [0.3, 0.4) is 0 Å². The van der Waals surface area contributed by atoms with Gasteiger partial charge in [0.15, 0.2) is 0 Å². The monoisotopic (exact) mass is 304 g/mol. The summed E-state index contributed by atoms with van der Waals surface area (Å²) in [4.78, 5) is 25.9. The van der Waals surface area contributed by atoms with Gasteiger partial charge in [0.1, 0.15) is 0 Å². The highest BCUT2D eigenvalue weighted by molar-refractivity contribution is 6.00. The number of nitrogens with one attached hydrogen (secondary N) is 1. The van der Waals surface area contributed by atoms with Crippen molar-refractivity contribution in [2.24, 2.45) is 5.92 Å². The minimum Gasteiger partial charge on any atom is -0.379 e. The number of carbonyl (C=O) groups is 2. The Morgan fingerprint density at radius 3 is 2.77 bits per heavy atom. The lowest BCUT2D eigenvalue weighted by Gasteiger charge is -2.16. The van der Waals surface area contributed by atoms with Crippen molar-refractivity contribution in [1.82, 2.24) is 5.32 Å². The molecule has 5 heteroatoms. The molecule has 1 fully saturated rings. The molecule has 5 nitrogen and oxygen atoms in total. The number of hydrogen-bond acceptors (Lipinski definition) is 3. The van der Waals surface area contributed by atoms with Gasteiger partial charge in [0.2, 0.25) is 11.8 Å². The molecule has 1 atom stereocenters. The maximum atomic E-state index is 12.1. The Labute approximate surface area is 131 Å². The first-order valence-corrected chi connectivity index (χ1v) is 7.82. The zero-order valence-electron chi connectivity index (χ0n) is 13.2. The molecule has 1 N–H and O–H groups in total. The quantitative estimate of drug-likeness (QED) is 0.784. The average molecular weight is 304 g/mol. The Kier molecular flexibility index (Phi) is 5.95. The number of anilines is 1. The van der Waals surface area contributed by atoms with Gasteiger partial charge in [-0.25, -0.2) is 0 Å². The summed E-state index contributed by atoms with van der Waals surface area (Å²) in [5.74, 6) is -0.301. The van der Waals surface area contributed by atoms with Crippen molar-refractivity contribution in [2.45, 2.75) is 32.8 Å². The Hall–Kier alpha value is -1.88. The van der Waals surface area contributed by atoms with E-state index in [2.05, 4.69) is 5.32 Å². The number of benzene rings is 1. The van der Waals surface area contributed by atoms with Crippen molar-refractivity contribution in [1.29, 1.82) is 0 Å². The smallest absolute Gasteiger partial charge is 0.227 e. The minimum absolute atomic E-state index is 0.00879. The van der Waals surface area contributed by atoms with E-state index < -0.39 is 0 Å². The van der Waals surface area contributed by atoms with E-state index in [-0.39, 0.29) is 30.3 Å². The fourth-order valence-corrected chi connectivity index (χ4v) is 2.49. The van der Waals surface area contributed by atoms with E-state index in [4.69, 9.17) is 4.74 Å². The molecule has 2 amide bonds. The molecule has 0 radical (unpaired) electrons. The van der Waals surface area contributed by atoms with Gasteiger partial charge in [0.25, 0.3) is 0 Å². The number of carbonyl (C=O) groups excluding carboxylic acids is 2. The molecule has 1 aromatic rings. The second-order valence-corrected chi connectivity index (χ2v) is 5.81. The lowest BCUT2D eigenvalue weighted by atomic mass is 10.1. The maximum absolute atomic E-state index is 12.1. The topological polar surface area (TPSA) is 58.6 Å². The summed E-state index contributed by atoms with van der Waals surface area (Å²) in [6, 6.07) is 9.48. The van der Waals surface area contributed by atoms with Crippen molar-refractivity contribution in [3.63, 3.8) is 0 Å². The van der Waals surface area contributed by atoms with Crippen molar-refractivity contribution in [3.05, 3.63) is 30.3 Å². The van der Waals surface area contributed by atoms with Gasteiger partial charge in [0.05, 0.1) is 12.0 Å². The number of nitrogens with zero attached hydrogens (tertiary/aromatic N) is 1. The fourth-order valence-electron chi connectivity index (χ4n) is 2.49. The number of rotatable bonds is 7. The number of hydrogen-bond donors (Lipinski definition) is 1. The maximum Gasteiger partial charge on any atom is 0.227 e. The Morgan fingerprint density at radius 2 is 2.09 bits per heavy atom. The van der Waals surface area contributed by atoms with E-state index in [1.54, 1.807) is 4.90 Å². The Balaban J connectivity index is 1.77. The molecule has 1 saturated heterocycles. The highest BCUT2D eigenvalue weighted by Gasteiger charge is 2.34. The van der Waals surface area contributed by atoms with Crippen LogP contribution >= 0.6 is 0 Å². The third-order valence-corrected chi connectivity index (χ3v) is 3.64. The standard InChI is InChI=1S/C17H24N2O3/c1-13(2)22-10-6-9-18-17(21)14-11-16(20)19(12-14)15-7-4-3-5-8-15/h3-5,7-8,13-14H,6,9-12H2,1-2H3,(H,18,21)/t14-/m1/s1. The average Bonchev–Trinajstić information content (AvgIpc) is 2.89. The molecule has 0 bridgehead atoms. The predicted octanol–water partition coefficient (Wildman–Crippen LogP) is 1.97. The van der Waals surface area contributed by atoms with Crippen LogP contribution in [0.15, 0.2) is 30.3 Å². The van der Waals surface area contributed by atoms with Gasteiger partial charge in [-0.05, 0) is 32.4 Å². The highest BCUT2D eigenvalue weighted by atomic mass is 16.5. The van der Waals surface area contributed by atoms with Gasteiger partial charge in [0, 0.05) is 31.8 Å². The lowest BCUT2D eigenvalue weighted by molar-refractivity contribution is -0.126. The van der Waals surface area contributed by atoms with Gasteiger partial charge in [-0.1, -0.05) is 18.2 Å². The van der Waals surface area contributed by atoms with Crippen molar-refractivity contribution < 1.29 is 14.3 Å². The predicted molar refractivity (Wildman–Crippen MR) is 85.6 cm³/mol. The molecule has 0 unspecified atom stereocenters. The van der Waals surface area contributed by atoms with Crippen LogP contribution in [0.5, 0.6) is 0 Å². The third kappa shape index (κ3) is 4.56. The number of ether oxygens (including phenoxy) is 1. The first-order valence-electron chi connectivity index (χ1n) is 7.82. The molecule has 0 aliphatic carbocycles. The molecule has 120 valence electrons. The largest absolute Gasteiger partial charge is 0.379 e. The van der Waals surface area contributed by atoms with E-state index >= 15 is 0 Å². The van der Waals surface area contributed by atoms with Crippen LogP contribution in [0.2, 0.25) is 0 Å². The van der Waals surface area contributed by atoms with Gasteiger partial charge in [-0.3, -0.25) is 9.59 Å². The van der Waals surface area contributed by atoms with E-state index in [0.29, 0.717) is 19.7 Å². The van der Waals surface area contributed by atoms with E-state index in [1.165, 1.54) is 0 Å². The molecular weight excluding hydrogens is 280 g/mol. The van der Waals surface area contributed by atoms with Crippen molar-refractivity contribution in [2.75, 3.05) is 24.6 Å². The molecule has 1 aromatic carbocycles. The first kappa shape index (κ1) is 16.5. The molecule has 1 aliphatic rings. The molecular formula is C17H24N2O3. The van der Waals surface area contributed by atoms with Crippen LogP contribution in [0.25, 0.3) is 0 Å². The van der Waals surface area contributed by atoms with Gasteiger partial charge in [-0.15, -0.1) is 0 Å². The van der Waals surface area contributed by atoms with Crippen LogP contribution < -0.4 is 10.2 Å². The summed E-state index contributed by atoms with van der Waals surface area (Å²) >= 11 is 0. The zero-order valence-corrected chi connectivity index (χ0v) is 13.2. The van der Waals surface area contributed by atoms with Crippen LogP contribution in [-0.4, -0.2) is 37.6 Å². The highest BCUT2D eigenvalue weighted by Crippen LogP contribution is 2.24. The number of amides is 2. The molecule has 0 spiro atoms. The first-order chi connectivity index (χ1) is 10.6. The second-order valence-electron chi connectivity index (χ2n) is 5.81. The van der Waals surface area contributed by atoms with Gasteiger partial charge in [-0.2, -0.15) is 0 Å². The van der Waals surface area contributed by atoms with Crippen LogP contribution in [0, 0.1) is 5.92 Å². The van der Waals surface area contributed by atoms with E-state index in [0.717, 1.165) is 12.1 Å². The molecule has 0 saturated carbocycles. The molecule has 1 heterocycles. The number of para-hydroxylation sites is 1. The zero-order chi connectivity index (χ0) is 15.9.